The van der Waals surface area contributed by atoms with Gasteiger partial charge in [0.25, 0.3) is 0 Å². The molecule has 0 amide bonds. The minimum Gasteiger partial charge on any atom is -0.497 e. The lowest BCUT2D eigenvalue weighted by Crippen LogP contribution is -1.87. The van der Waals surface area contributed by atoms with Crippen LogP contribution in [-0.4, -0.2) is 7.11 Å². The molecule has 23 heavy (non-hydrogen) atoms. The van der Waals surface area contributed by atoms with Crippen LogP contribution in [0.25, 0.3) is 10.8 Å². The lowest BCUT2D eigenvalue weighted by Gasteiger charge is -2.08. The fourth-order valence-corrected chi connectivity index (χ4v) is 2.75. The number of benzene rings is 3. The van der Waals surface area contributed by atoms with Crippen molar-refractivity contribution in [1.82, 2.24) is 0 Å². The molecule has 0 aliphatic rings. The number of methoxy groups -OCH3 is 1. The topological polar surface area (TPSA) is 34.0 Å². The van der Waals surface area contributed by atoms with Crippen LogP contribution >= 0.6 is 0 Å². The molecule has 0 bridgehead atoms. The third kappa shape index (κ3) is 3.09. The molecule has 0 heterocycles. The van der Waals surface area contributed by atoms with E-state index in [1.807, 2.05) is 38.1 Å². The predicted octanol–water partition coefficient (Wildman–Crippen LogP) is 6.19. The van der Waals surface area contributed by atoms with Gasteiger partial charge in [-0.25, -0.2) is 0 Å². The van der Waals surface area contributed by atoms with Crippen LogP contribution in [0, 0.1) is 20.8 Å². The molecule has 0 atom stereocenters. The normalized spacial score (nSPS) is 11.3. The van der Waals surface area contributed by atoms with Gasteiger partial charge in [0.15, 0.2) is 0 Å². The first kappa shape index (κ1) is 15.2. The van der Waals surface area contributed by atoms with Gasteiger partial charge in [0.05, 0.1) is 18.5 Å². The van der Waals surface area contributed by atoms with Gasteiger partial charge in [-0.05, 0) is 72.5 Å². The van der Waals surface area contributed by atoms with E-state index in [2.05, 4.69) is 41.4 Å². The summed E-state index contributed by atoms with van der Waals surface area (Å²) in [7, 11) is 1.67. The summed E-state index contributed by atoms with van der Waals surface area (Å²) in [5.74, 6) is 0.848. The van der Waals surface area contributed by atoms with E-state index in [9.17, 15) is 0 Å². The van der Waals surface area contributed by atoms with E-state index in [0.29, 0.717) is 0 Å². The van der Waals surface area contributed by atoms with Crippen molar-refractivity contribution >= 4 is 22.1 Å². The molecule has 0 N–H and O–H groups in total. The summed E-state index contributed by atoms with van der Waals surface area (Å²) in [6.45, 7) is 6.11. The average Bonchev–Trinajstić information content (AvgIpc) is 2.54. The van der Waals surface area contributed by atoms with Crippen molar-refractivity contribution in [1.29, 1.82) is 0 Å². The van der Waals surface area contributed by atoms with Gasteiger partial charge in [-0.15, -0.1) is 5.11 Å². The summed E-state index contributed by atoms with van der Waals surface area (Å²) in [4.78, 5) is 0. The Morgan fingerprint density at radius 2 is 1.35 bits per heavy atom. The predicted molar refractivity (Wildman–Crippen MR) is 95.3 cm³/mol. The van der Waals surface area contributed by atoms with Crippen LogP contribution in [0.1, 0.15) is 16.7 Å². The first-order valence-electron chi connectivity index (χ1n) is 7.65. The summed E-state index contributed by atoms with van der Waals surface area (Å²) in [6, 6.07) is 16.5. The molecule has 0 aromatic heterocycles. The molecule has 116 valence electrons. The van der Waals surface area contributed by atoms with E-state index in [-0.39, 0.29) is 0 Å². The van der Waals surface area contributed by atoms with Gasteiger partial charge in [0.1, 0.15) is 5.75 Å². The van der Waals surface area contributed by atoms with Gasteiger partial charge in [-0.2, -0.15) is 5.11 Å². The molecule has 3 nitrogen and oxygen atoms in total. The Hall–Kier alpha value is -2.68. The SMILES string of the molecule is COc1cc(C)c(N=Nc2cc3ccccc3cc2C)c(C)c1. The smallest absolute Gasteiger partial charge is 0.119 e. The van der Waals surface area contributed by atoms with Gasteiger partial charge >= 0.3 is 0 Å². The van der Waals surface area contributed by atoms with E-state index in [4.69, 9.17) is 4.74 Å². The maximum Gasteiger partial charge on any atom is 0.119 e. The van der Waals surface area contributed by atoms with Gasteiger partial charge in [-0.3, -0.25) is 0 Å². The molecule has 0 saturated carbocycles. The number of ether oxygens (including phenoxy) is 1. The molecule has 0 fully saturated rings. The van der Waals surface area contributed by atoms with Gasteiger partial charge < -0.3 is 4.74 Å². The lowest BCUT2D eigenvalue weighted by atomic mass is 10.1. The second-order valence-electron chi connectivity index (χ2n) is 5.80. The maximum atomic E-state index is 5.29. The van der Waals surface area contributed by atoms with Crippen LogP contribution in [-0.2, 0) is 0 Å². The minimum atomic E-state index is 0.848. The summed E-state index contributed by atoms with van der Waals surface area (Å²) in [6.07, 6.45) is 0. The Labute approximate surface area is 136 Å². The minimum absolute atomic E-state index is 0.848. The molecular formula is C20H20N2O. The standard InChI is InChI=1S/C20H20N2O/c1-13-9-16-7-5-6-8-17(16)12-19(13)21-22-20-14(2)10-18(23-4)11-15(20)3/h5-12H,1-4H3. The second-order valence-corrected chi connectivity index (χ2v) is 5.80. The van der Waals surface area contributed by atoms with E-state index in [0.717, 1.165) is 33.8 Å². The van der Waals surface area contributed by atoms with Gasteiger partial charge in [0, 0.05) is 0 Å². The van der Waals surface area contributed by atoms with Crippen molar-refractivity contribution in [3.63, 3.8) is 0 Å². The van der Waals surface area contributed by atoms with Crippen molar-refractivity contribution < 1.29 is 4.74 Å². The highest BCUT2D eigenvalue weighted by molar-refractivity contribution is 5.86. The highest BCUT2D eigenvalue weighted by Gasteiger charge is 2.06. The average molecular weight is 304 g/mol. The van der Waals surface area contributed by atoms with E-state index in [1.54, 1.807) is 7.11 Å². The van der Waals surface area contributed by atoms with Crippen molar-refractivity contribution in [2.45, 2.75) is 20.8 Å². The fourth-order valence-electron chi connectivity index (χ4n) is 2.75. The van der Waals surface area contributed by atoms with E-state index >= 15 is 0 Å². The third-order valence-corrected chi connectivity index (χ3v) is 4.02. The summed E-state index contributed by atoms with van der Waals surface area (Å²) in [5.41, 5.74) is 5.04. The quantitative estimate of drug-likeness (QED) is 0.531. The van der Waals surface area contributed by atoms with Crippen molar-refractivity contribution in [3.05, 3.63) is 65.2 Å². The molecule has 0 radical (unpaired) electrons. The van der Waals surface area contributed by atoms with E-state index in [1.165, 1.54) is 10.8 Å². The van der Waals surface area contributed by atoms with Crippen molar-refractivity contribution in [2.75, 3.05) is 7.11 Å². The van der Waals surface area contributed by atoms with Crippen LogP contribution in [0.15, 0.2) is 58.8 Å². The number of aryl methyl sites for hydroxylation is 3. The highest BCUT2D eigenvalue weighted by Crippen LogP contribution is 2.32. The van der Waals surface area contributed by atoms with Crippen LogP contribution < -0.4 is 4.74 Å². The van der Waals surface area contributed by atoms with Crippen molar-refractivity contribution in [3.8, 4) is 5.75 Å². The maximum absolute atomic E-state index is 5.29. The number of azo groups is 1. The third-order valence-electron chi connectivity index (χ3n) is 4.02. The molecule has 0 aliphatic carbocycles. The second kappa shape index (κ2) is 6.21. The molecule has 0 unspecified atom stereocenters. The Bertz CT molecular complexity index is 874. The van der Waals surface area contributed by atoms with Crippen LogP contribution in [0.4, 0.5) is 11.4 Å². The molecule has 3 aromatic carbocycles. The van der Waals surface area contributed by atoms with Crippen molar-refractivity contribution in [2.24, 2.45) is 10.2 Å². The number of nitrogens with zero attached hydrogens (tertiary/aromatic N) is 2. The van der Waals surface area contributed by atoms with Crippen LogP contribution in [0.5, 0.6) is 5.75 Å². The number of hydrogen-bond acceptors (Lipinski definition) is 3. The highest BCUT2D eigenvalue weighted by atomic mass is 16.5. The molecule has 3 rings (SSSR count). The Balaban J connectivity index is 2.02. The summed E-state index contributed by atoms with van der Waals surface area (Å²) >= 11 is 0. The van der Waals surface area contributed by atoms with Gasteiger partial charge in [0.2, 0.25) is 0 Å². The van der Waals surface area contributed by atoms with Gasteiger partial charge in [-0.1, -0.05) is 24.3 Å². The number of fused-ring (bicyclic) bond motifs is 1. The van der Waals surface area contributed by atoms with E-state index < -0.39 is 0 Å². The Morgan fingerprint density at radius 1 is 0.739 bits per heavy atom. The molecule has 0 saturated heterocycles. The molecule has 3 heteroatoms. The first-order valence-corrected chi connectivity index (χ1v) is 7.65. The summed E-state index contributed by atoms with van der Waals surface area (Å²) in [5, 5.41) is 11.4. The zero-order chi connectivity index (χ0) is 16.4. The number of hydrogen-bond donors (Lipinski definition) is 0. The zero-order valence-corrected chi connectivity index (χ0v) is 13.9. The molecule has 0 aliphatic heterocycles. The monoisotopic (exact) mass is 304 g/mol. The first-order chi connectivity index (χ1) is 11.1. The Kier molecular flexibility index (Phi) is 4.11. The molecular weight excluding hydrogens is 284 g/mol. The largest absolute Gasteiger partial charge is 0.497 e. The molecule has 3 aromatic rings. The Morgan fingerprint density at radius 3 is 1.96 bits per heavy atom. The summed E-state index contributed by atoms with van der Waals surface area (Å²) < 4.78 is 5.29. The zero-order valence-electron chi connectivity index (χ0n) is 13.9. The fraction of sp³-hybridized carbons (Fsp3) is 0.200. The molecule has 0 spiro atoms. The lowest BCUT2D eigenvalue weighted by molar-refractivity contribution is 0.414. The number of rotatable bonds is 3. The van der Waals surface area contributed by atoms with Crippen LogP contribution in [0.2, 0.25) is 0 Å². The van der Waals surface area contributed by atoms with Crippen LogP contribution in [0.3, 0.4) is 0 Å².